The third kappa shape index (κ3) is 4.32. The summed E-state index contributed by atoms with van der Waals surface area (Å²) in [6, 6.07) is 16.8. The Kier molecular flexibility index (Phi) is 5.62. The first-order chi connectivity index (χ1) is 14.1. The number of nitrogens with one attached hydrogen (secondary N) is 1. The number of anilines is 4. The van der Waals surface area contributed by atoms with Gasteiger partial charge in [0.05, 0.1) is 0 Å². The lowest BCUT2D eigenvalue weighted by molar-refractivity contribution is 0.249. The van der Waals surface area contributed by atoms with Crippen molar-refractivity contribution in [3.05, 3.63) is 71.5 Å². The molecule has 0 amide bonds. The van der Waals surface area contributed by atoms with Crippen molar-refractivity contribution in [1.29, 1.82) is 0 Å². The summed E-state index contributed by atoms with van der Waals surface area (Å²) in [5, 5.41) is 3.39. The molecule has 0 spiro atoms. The van der Waals surface area contributed by atoms with Gasteiger partial charge in [-0.3, -0.25) is 4.90 Å². The van der Waals surface area contributed by atoms with Crippen LogP contribution in [0.15, 0.2) is 54.9 Å². The van der Waals surface area contributed by atoms with E-state index in [0.29, 0.717) is 11.5 Å². The molecule has 0 saturated carbocycles. The molecule has 1 aliphatic rings. The van der Waals surface area contributed by atoms with Crippen molar-refractivity contribution in [2.24, 2.45) is 0 Å². The number of rotatable bonds is 5. The maximum absolute atomic E-state index is 6.47. The largest absolute Gasteiger partial charge is 0.393 e. The van der Waals surface area contributed by atoms with E-state index >= 15 is 0 Å². The van der Waals surface area contributed by atoms with Gasteiger partial charge in [-0.25, -0.2) is 9.97 Å². The van der Waals surface area contributed by atoms with Crippen LogP contribution in [0.2, 0.25) is 0 Å². The van der Waals surface area contributed by atoms with Crippen LogP contribution in [-0.4, -0.2) is 41.0 Å². The molecule has 29 heavy (non-hydrogen) atoms. The van der Waals surface area contributed by atoms with Gasteiger partial charge in [0.15, 0.2) is 11.6 Å². The molecule has 0 unspecified atom stereocenters. The molecular weight excluding hydrogens is 360 g/mol. The molecule has 6 nitrogen and oxygen atoms in total. The number of aromatic nitrogens is 2. The molecule has 3 N–H and O–H groups in total. The van der Waals surface area contributed by atoms with Crippen molar-refractivity contribution >= 4 is 23.0 Å². The standard InChI is InChI=1S/C23H28N6/c1-17-7-6-10-20(18(17)2)27-22-21(24)23(26-16-25-22)29-13-11-28(12-14-29)15-19-8-4-3-5-9-19/h3-10,16H,11-15,24H2,1-2H3,(H,25,26,27). The van der Waals surface area contributed by atoms with Crippen LogP contribution in [0.3, 0.4) is 0 Å². The Morgan fingerprint density at radius 3 is 2.45 bits per heavy atom. The summed E-state index contributed by atoms with van der Waals surface area (Å²) >= 11 is 0. The van der Waals surface area contributed by atoms with Crippen LogP contribution in [0.4, 0.5) is 23.0 Å². The van der Waals surface area contributed by atoms with E-state index in [-0.39, 0.29) is 0 Å². The molecule has 6 heteroatoms. The van der Waals surface area contributed by atoms with Gasteiger partial charge < -0.3 is 16.0 Å². The smallest absolute Gasteiger partial charge is 0.159 e. The van der Waals surface area contributed by atoms with Gasteiger partial charge in [0.2, 0.25) is 0 Å². The molecule has 0 aliphatic carbocycles. The zero-order chi connectivity index (χ0) is 20.2. The lowest BCUT2D eigenvalue weighted by Crippen LogP contribution is -2.46. The molecule has 4 rings (SSSR count). The number of hydrogen-bond donors (Lipinski definition) is 2. The van der Waals surface area contributed by atoms with E-state index in [1.807, 2.05) is 12.1 Å². The fourth-order valence-electron chi connectivity index (χ4n) is 3.71. The number of nitrogens with two attached hydrogens (primary N) is 1. The summed E-state index contributed by atoms with van der Waals surface area (Å²) in [4.78, 5) is 13.6. The van der Waals surface area contributed by atoms with Crippen LogP contribution in [-0.2, 0) is 6.54 Å². The van der Waals surface area contributed by atoms with Crippen molar-refractivity contribution in [3.8, 4) is 0 Å². The Hall–Kier alpha value is -3.12. The molecule has 0 atom stereocenters. The Labute approximate surface area is 172 Å². The molecule has 1 saturated heterocycles. The SMILES string of the molecule is Cc1cccc(Nc2ncnc(N3CCN(Cc4ccccc4)CC3)c2N)c1C. The van der Waals surface area contributed by atoms with E-state index < -0.39 is 0 Å². The zero-order valence-corrected chi connectivity index (χ0v) is 17.1. The van der Waals surface area contributed by atoms with Crippen molar-refractivity contribution < 1.29 is 0 Å². The average Bonchev–Trinajstić information content (AvgIpc) is 2.74. The van der Waals surface area contributed by atoms with Crippen LogP contribution < -0.4 is 16.0 Å². The highest BCUT2D eigenvalue weighted by atomic mass is 15.3. The minimum absolute atomic E-state index is 0.602. The van der Waals surface area contributed by atoms with E-state index in [2.05, 4.69) is 75.3 Å². The van der Waals surface area contributed by atoms with Crippen molar-refractivity contribution in [3.63, 3.8) is 0 Å². The number of aryl methyl sites for hydroxylation is 1. The van der Waals surface area contributed by atoms with Gasteiger partial charge in [-0.05, 0) is 36.6 Å². The van der Waals surface area contributed by atoms with Crippen LogP contribution in [0.1, 0.15) is 16.7 Å². The monoisotopic (exact) mass is 388 g/mol. The third-order valence-electron chi connectivity index (χ3n) is 5.64. The van der Waals surface area contributed by atoms with Crippen LogP contribution in [0.5, 0.6) is 0 Å². The maximum atomic E-state index is 6.47. The van der Waals surface area contributed by atoms with Crippen LogP contribution in [0.25, 0.3) is 0 Å². The Bertz CT molecular complexity index is 964. The minimum Gasteiger partial charge on any atom is -0.393 e. The van der Waals surface area contributed by atoms with Gasteiger partial charge in [-0.2, -0.15) is 0 Å². The summed E-state index contributed by atoms with van der Waals surface area (Å²) in [6.45, 7) is 8.95. The van der Waals surface area contributed by atoms with E-state index in [9.17, 15) is 0 Å². The Morgan fingerprint density at radius 2 is 1.69 bits per heavy atom. The van der Waals surface area contributed by atoms with Gasteiger partial charge in [0.25, 0.3) is 0 Å². The summed E-state index contributed by atoms with van der Waals surface area (Å²) < 4.78 is 0. The highest BCUT2D eigenvalue weighted by Crippen LogP contribution is 2.30. The van der Waals surface area contributed by atoms with E-state index in [4.69, 9.17) is 5.73 Å². The zero-order valence-electron chi connectivity index (χ0n) is 17.1. The topological polar surface area (TPSA) is 70.3 Å². The molecule has 0 radical (unpaired) electrons. The number of nitrogen functional groups attached to an aromatic ring is 1. The summed E-state index contributed by atoms with van der Waals surface area (Å²) in [5.41, 5.74) is 11.9. The van der Waals surface area contributed by atoms with E-state index in [1.54, 1.807) is 6.33 Å². The first kappa shape index (κ1) is 19.2. The molecule has 1 aliphatic heterocycles. The molecule has 0 bridgehead atoms. The van der Waals surface area contributed by atoms with Crippen LogP contribution >= 0.6 is 0 Å². The number of piperazine rings is 1. The second kappa shape index (κ2) is 8.49. The summed E-state index contributed by atoms with van der Waals surface area (Å²) in [6.07, 6.45) is 1.59. The fraction of sp³-hybridized carbons (Fsp3) is 0.304. The van der Waals surface area contributed by atoms with E-state index in [1.165, 1.54) is 16.7 Å². The van der Waals surface area contributed by atoms with Gasteiger partial charge in [-0.1, -0.05) is 42.5 Å². The van der Waals surface area contributed by atoms with Gasteiger partial charge in [-0.15, -0.1) is 0 Å². The maximum Gasteiger partial charge on any atom is 0.159 e. The van der Waals surface area contributed by atoms with Gasteiger partial charge in [0, 0.05) is 38.4 Å². The number of benzene rings is 2. The fourth-order valence-corrected chi connectivity index (χ4v) is 3.71. The first-order valence-electron chi connectivity index (χ1n) is 10.1. The Morgan fingerprint density at radius 1 is 0.931 bits per heavy atom. The van der Waals surface area contributed by atoms with Gasteiger partial charge in [0.1, 0.15) is 12.0 Å². The predicted molar refractivity (Wildman–Crippen MR) is 120 cm³/mol. The van der Waals surface area contributed by atoms with Crippen LogP contribution in [0, 0.1) is 13.8 Å². The second-order valence-corrected chi connectivity index (χ2v) is 7.58. The molecular formula is C23H28N6. The minimum atomic E-state index is 0.602. The molecule has 1 fully saturated rings. The highest BCUT2D eigenvalue weighted by Gasteiger charge is 2.21. The lowest BCUT2D eigenvalue weighted by atomic mass is 10.1. The molecule has 2 heterocycles. The predicted octanol–water partition coefficient (Wildman–Crippen LogP) is 3.74. The number of nitrogens with zero attached hydrogens (tertiary/aromatic N) is 4. The summed E-state index contributed by atoms with van der Waals surface area (Å²) in [5.74, 6) is 1.47. The molecule has 3 aromatic rings. The second-order valence-electron chi connectivity index (χ2n) is 7.58. The Balaban J connectivity index is 1.45. The van der Waals surface area contributed by atoms with Crippen molar-refractivity contribution in [2.45, 2.75) is 20.4 Å². The summed E-state index contributed by atoms with van der Waals surface area (Å²) in [7, 11) is 0. The first-order valence-corrected chi connectivity index (χ1v) is 10.1. The lowest BCUT2D eigenvalue weighted by Gasteiger charge is -2.36. The third-order valence-corrected chi connectivity index (χ3v) is 5.64. The van der Waals surface area contributed by atoms with Crippen molar-refractivity contribution in [1.82, 2.24) is 14.9 Å². The normalized spacial score (nSPS) is 14.8. The van der Waals surface area contributed by atoms with E-state index in [0.717, 1.165) is 44.2 Å². The van der Waals surface area contributed by atoms with Crippen molar-refractivity contribution in [2.75, 3.05) is 42.1 Å². The number of hydrogen-bond acceptors (Lipinski definition) is 6. The van der Waals surface area contributed by atoms with Gasteiger partial charge >= 0.3 is 0 Å². The highest BCUT2D eigenvalue weighted by molar-refractivity contribution is 5.79. The molecule has 1 aromatic heterocycles. The average molecular weight is 389 g/mol. The quantitative estimate of drug-likeness (QED) is 0.694. The molecule has 150 valence electrons. The molecule has 2 aromatic carbocycles.